The van der Waals surface area contributed by atoms with Crippen LogP contribution < -0.4 is 20.1 Å². The Labute approximate surface area is 253 Å². The molecule has 1 aliphatic rings. The molecule has 1 fully saturated rings. The molecule has 1 aliphatic carbocycles. The number of aliphatic hydroxyl groups is 1. The quantitative estimate of drug-likeness (QED) is 0.240. The Bertz CT molecular complexity index is 1470. The summed E-state index contributed by atoms with van der Waals surface area (Å²) in [6.07, 6.45) is 1.03. The normalized spacial score (nSPS) is 21.6. The van der Waals surface area contributed by atoms with Gasteiger partial charge in [0.25, 0.3) is 0 Å². The van der Waals surface area contributed by atoms with E-state index in [1.165, 1.54) is 6.92 Å². The number of ketones is 1. The fourth-order valence-electron chi connectivity index (χ4n) is 6.09. The van der Waals surface area contributed by atoms with Crippen molar-refractivity contribution in [1.29, 1.82) is 0 Å². The number of hydrogen-bond donors (Lipinski definition) is 3. The molecule has 1 saturated carbocycles. The summed E-state index contributed by atoms with van der Waals surface area (Å²) in [6.45, 7) is 9.96. The summed E-state index contributed by atoms with van der Waals surface area (Å²) < 4.78 is 11.6. The summed E-state index contributed by atoms with van der Waals surface area (Å²) in [7, 11) is 0. The van der Waals surface area contributed by atoms with Crippen molar-refractivity contribution in [3.8, 4) is 11.5 Å². The van der Waals surface area contributed by atoms with Gasteiger partial charge in [-0.05, 0) is 74.6 Å². The van der Waals surface area contributed by atoms with Gasteiger partial charge in [-0.15, -0.1) is 0 Å². The number of benzene rings is 3. The van der Waals surface area contributed by atoms with Crippen LogP contribution in [-0.4, -0.2) is 41.5 Å². The molecule has 4 unspecified atom stereocenters. The highest BCUT2D eigenvalue weighted by Crippen LogP contribution is 2.48. The van der Waals surface area contributed by atoms with E-state index in [4.69, 9.17) is 9.47 Å². The second-order valence-corrected chi connectivity index (χ2v) is 11.1. The summed E-state index contributed by atoms with van der Waals surface area (Å²) in [5, 5.41) is 17.7. The first-order valence-corrected chi connectivity index (χ1v) is 15.1. The average molecular weight is 587 g/mol. The van der Waals surface area contributed by atoms with Gasteiger partial charge in [0.15, 0.2) is 11.5 Å². The standard InChI is InChI=1S/C35H42N2O6/c1-6-22-14-10-12-16-25(22)36-33(39)31-27(38)21-35(5,41)32(34(40)37-26-17-13-11-15-23(26)7-2)30(31)24-18-19-28(42-8-3)29(20-24)43-9-4/h10-20,30-32,41H,6-9,21H2,1-5H3,(H,36,39)(H,37,40). The molecule has 43 heavy (non-hydrogen) atoms. The molecule has 4 atom stereocenters. The smallest absolute Gasteiger partial charge is 0.235 e. The summed E-state index contributed by atoms with van der Waals surface area (Å²) in [6, 6.07) is 20.1. The van der Waals surface area contributed by atoms with E-state index in [0.29, 0.717) is 54.5 Å². The van der Waals surface area contributed by atoms with Gasteiger partial charge in [0.05, 0.1) is 24.7 Å². The van der Waals surface area contributed by atoms with Crippen molar-refractivity contribution >= 4 is 29.0 Å². The van der Waals surface area contributed by atoms with Crippen molar-refractivity contribution in [3.63, 3.8) is 0 Å². The van der Waals surface area contributed by atoms with E-state index < -0.39 is 41.0 Å². The number of nitrogens with one attached hydrogen (secondary N) is 2. The first kappa shape index (κ1) is 31.8. The minimum absolute atomic E-state index is 0.347. The average Bonchev–Trinajstić information content (AvgIpc) is 2.97. The predicted molar refractivity (Wildman–Crippen MR) is 168 cm³/mol. The van der Waals surface area contributed by atoms with Gasteiger partial charge in [-0.2, -0.15) is 0 Å². The lowest BCUT2D eigenvalue weighted by Crippen LogP contribution is -2.56. The van der Waals surface area contributed by atoms with E-state index in [2.05, 4.69) is 10.6 Å². The molecule has 0 spiro atoms. The van der Waals surface area contributed by atoms with Crippen LogP contribution in [0.2, 0.25) is 0 Å². The Kier molecular flexibility index (Phi) is 10.2. The third kappa shape index (κ3) is 6.91. The van der Waals surface area contributed by atoms with E-state index >= 15 is 0 Å². The van der Waals surface area contributed by atoms with Crippen LogP contribution in [0.1, 0.15) is 63.6 Å². The van der Waals surface area contributed by atoms with Crippen LogP contribution in [0, 0.1) is 11.8 Å². The molecule has 8 nitrogen and oxygen atoms in total. The molecular weight excluding hydrogens is 544 g/mol. The van der Waals surface area contributed by atoms with Gasteiger partial charge >= 0.3 is 0 Å². The molecule has 8 heteroatoms. The Balaban J connectivity index is 1.85. The van der Waals surface area contributed by atoms with Crippen LogP contribution in [0.3, 0.4) is 0 Å². The van der Waals surface area contributed by atoms with Gasteiger partial charge in [-0.1, -0.05) is 56.3 Å². The molecule has 228 valence electrons. The summed E-state index contributed by atoms with van der Waals surface area (Å²) in [4.78, 5) is 42.0. The fourth-order valence-corrected chi connectivity index (χ4v) is 6.09. The van der Waals surface area contributed by atoms with E-state index in [-0.39, 0.29) is 6.42 Å². The summed E-state index contributed by atoms with van der Waals surface area (Å²) >= 11 is 0. The van der Waals surface area contributed by atoms with Crippen LogP contribution in [0.25, 0.3) is 0 Å². The maximum Gasteiger partial charge on any atom is 0.235 e. The van der Waals surface area contributed by atoms with Gasteiger partial charge in [0.2, 0.25) is 11.8 Å². The van der Waals surface area contributed by atoms with Crippen LogP contribution >= 0.6 is 0 Å². The van der Waals surface area contributed by atoms with Gasteiger partial charge in [-0.3, -0.25) is 14.4 Å². The number of carbonyl (C=O) groups is 3. The number of aryl methyl sites for hydroxylation is 2. The van der Waals surface area contributed by atoms with Crippen LogP contribution in [-0.2, 0) is 27.2 Å². The molecule has 3 aromatic carbocycles. The number of amides is 2. The van der Waals surface area contributed by atoms with Gasteiger partial charge in [0.1, 0.15) is 11.7 Å². The SMILES string of the molecule is CCOc1ccc(C2C(C(=O)Nc3ccccc3CC)C(=O)CC(C)(O)C2C(=O)Nc2ccccc2CC)cc1OCC. The predicted octanol–water partition coefficient (Wildman–Crippen LogP) is 5.93. The van der Waals surface area contributed by atoms with Gasteiger partial charge in [-0.25, -0.2) is 0 Å². The Morgan fingerprint density at radius 1 is 0.814 bits per heavy atom. The van der Waals surface area contributed by atoms with E-state index in [1.807, 2.05) is 70.2 Å². The first-order valence-electron chi connectivity index (χ1n) is 15.1. The molecule has 0 radical (unpaired) electrons. The number of ether oxygens (including phenoxy) is 2. The Hall–Kier alpha value is -4.17. The van der Waals surface area contributed by atoms with Crippen LogP contribution in [0.5, 0.6) is 11.5 Å². The third-order valence-electron chi connectivity index (χ3n) is 8.10. The molecule has 3 aromatic rings. The van der Waals surface area contributed by atoms with E-state index in [1.54, 1.807) is 24.3 Å². The van der Waals surface area contributed by atoms with Gasteiger partial charge in [0, 0.05) is 23.7 Å². The van der Waals surface area contributed by atoms with Crippen molar-refractivity contribution in [2.45, 2.75) is 65.4 Å². The Morgan fingerprint density at radius 2 is 1.35 bits per heavy atom. The monoisotopic (exact) mass is 586 g/mol. The Morgan fingerprint density at radius 3 is 1.91 bits per heavy atom. The van der Waals surface area contributed by atoms with E-state index in [0.717, 1.165) is 11.1 Å². The van der Waals surface area contributed by atoms with Crippen molar-refractivity contribution in [2.24, 2.45) is 11.8 Å². The summed E-state index contributed by atoms with van der Waals surface area (Å²) in [5.41, 5.74) is 1.89. The van der Waals surface area contributed by atoms with Gasteiger partial charge < -0.3 is 25.2 Å². The lowest BCUT2D eigenvalue weighted by Gasteiger charge is -2.44. The first-order chi connectivity index (χ1) is 20.6. The van der Waals surface area contributed by atoms with Crippen LogP contribution in [0.15, 0.2) is 66.7 Å². The topological polar surface area (TPSA) is 114 Å². The lowest BCUT2D eigenvalue weighted by atomic mass is 9.61. The molecule has 3 N–H and O–H groups in total. The lowest BCUT2D eigenvalue weighted by molar-refractivity contribution is -0.150. The van der Waals surface area contributed by atoms with Crippen LogP contribution in [0.4, 0.5) is 11.4 Å². The molecule has 2 amide bonds. The molecule has 0 aromatic heterocycles. The number of rotatable bonds is 11. The second kappa shape index (κ2) is 13.9. The molecule has 0 aliphatic heterocycles. The van der Waals surface area contributed by atoms with E-state index in [9.17, 15) is 19.5 Å². The van der Waals surface area contributed by atoms with Crippen molar-refractivity contribution in [1.82, 2.24) is 0 Å². The number of carbonyl (C=O) groups excluding carboxylic acids is 3. The number of anilines is 2. The highest BCUT2D eigenvalue weighted by Gasteiger charge is 2.56. The largest absolute Gasteiger partial charge is 0.490 e. The number of hydrogen-bond acceptors (Lipinski definition) is 6. The maximum atomic E-state index is 14.2. The van der Waals surface area contributed by atoms with Crippen molar-refractivity contribution in [2.75, 3.05) is 23.8 Å². The highest BCUT2D eigenvalue weighted by molar-refractivity contribution is 6.10. The fraction of sp³-hybridized carbons (Fsp3) is 0.400. The van der Waals surface area contributed by atoms with Crippen molar-refractivity contribution < 1.29 is 29.0 Å². The zero-order valence-electron chi connectivity index (χ0n) is 25.6. The molecule has 4 rings (SSSR count). The molecular formula is C35H42N2O6. The number of Topliss-reactive ketones (excluding diaryl/α,β-unsaturated/α-hetero) is 1. The number of para-hydroxylation sites is 2. The molecule has 0 saturated heterocycles. The zero-order chi connectivity index (χ0) is 31.1. The second-order valence-electron chi connectivity index (χ2n) is 11.1. The molecule has 0 bridgehead atoms. The molecule has 0 heterocycles. The minimum atomic E-state index is -1.73. The van der Waals surface area contributed by atoms with Crippen molar-refractivity contribution in [3.05, 3.63) is 83.4 Å². The minimum Gasteiger partial charge on any atom is -0.490 e. The maximum absolute atomic E-state index is 14.2. The summed E-state index contributed by atoms with van der Waals surface area (Å²) in [5.74, 6) is -3.86. The zero-order valence-corrected chi connectivity index (χ0v) is 25.6. The highest BCUT2D eigenvalue weighted by atomic mass is 16.5. The third-order valence-corrected chi connectivity index (χ3v) is 8.10.